The average Bonchev–Trinajstić information content (AvgIpc) is 2.79. The maximum atomic E-state index is 5.94. The molecule has 1 aromatic rings. The van der Waals surface area contributed by atoms with Gasteiger partial charge in [0.1, 0.15) is 0 Å². The second-order valence-corrected chi connectivity index (χ2v) is 4.68. The van der Waals surface area contributed by atoms with Crippen LogP contribution in [0.1, 0.15) is 19.8 Å². The number of nitrogens with two attached hydrogens (primary N) is 1. The number of nitrogens with zero attached hydrogens (tertiary/aromatic N) is 2. The Morgan fingerprint density at radius 3 is 3.06 bits per heavy atom. The van der Waals surface area contributed by atoms with Gasteiger partial charge in [-0.2, -0.15) is 0 Å². The number of pyridine rings is 1. The molecule has 2 rings (SSSR count). The van der Waals surface area contributed by atoms with E-state index in [1.165, 1.54) is 0 Å². The summed E-state index contributed by atoms with van der Waals surface area (Å²) in [4.78, 5) is 6.44. The third kappa shape index (κ3) is 3.01. The first-order chi connectivity index (χ1) is 8.20. The lowest BCUT2D eigenvalue weighted by Crippen LogP contribution is -2.33. The van der Waals surface area contributed by atoms with Crippen molar-refractivity contribution in [1.82, 2.24) is 4.98 Å². The molecule has 1 aromatic heterocycles. The fourth-order valence-electron chi connectivity index (χ4n) is 2.11. The van der Waals surface area contributed by atoms with Crippen molar-refractivity contribution in [1.29, 1.82) is 0 Å². The summed E-state index contributed by atoms with van der Waals surface area (Å²) in [7, 11) is 0. The van der Waals surface area contributed by atoms with Crippen LogP contribution in [0.25, 0.3) is 0 Å². The van der Waals surface area contributed by atoms with Crippen LogP contribution in [0.4, 0.5) is 11.5 Å². The minimum absolute atomic E-state index is 0.298. The van der Waals surface area contributed by atoms with E-state index in [4.69, 9.17) is 22.1 Å². The zero-order chi connectivity index (χ0) is 12.3. The van der Waals surface area contributed by atoms with Crippen molar-refractivity contribution in [3.05, 3.63) is 17.3 Å². The van der Waals surface area contributed by atoms with E-state index in [1.54, 1.807) is 12.3 Å². The minimum atomic E-state index is 0.298. The molecule has 94 valence electrons. The molecule has 0 aliphatic carbocycles. The second-order valence-electron chi connectivity index (χ2n) is 4.24. The number of likely N-dealkylation sites (N-methyl/N-ethyl adjacent to an activating group) is 1. The number of nitrogen functional groups attached to an aromatic ring is 1. The van der Waals surface area contributed by atoms with Crippen molar-refractivity contribution in [3.63, 3.8) is 0 Å². The fraction of sp³-hybridized carbons (Fsp3) is 0.583. The summed E-state index contributed by atoms with van der Waals surface area (Å²) in [5.74, 6) is 0.799. The quantitative estimate of drug-likeness (QED) is 0.897. The molecule has 0 spiro atoms. The average molecular weight is 256 g/mol. The maximum Gasteiger partial charge on any atom is 0.151 e. The molecule has 1 fully saturated rings. The van der Waals surface area contributed by atoms with Crippen LogP contribution in [-0.4, -0.2) is 30.8 Å². The van der Waals surface area contributed by atoms with Gasteiger partial charge in [0.25, 0.3) is 0 Å². The first kappa shape index (κ1) is 12.5. The standard InChI is InChI=1S/C12H18ClN3O/c1-2-16(8-10-4-3-5-17-10)12-11(14)6-9(13)7-15-12/h6-7,10H,2-5,8,14H2,1H3. The van der Waals surface area contributed by atoms with Gasteiger partial charge in [0, 0.05) is 25.9 Å². The molecule has 17 heavy (non-hydrogen) atoms. The highest BCUT2D eigenvalue weighted by molar-refractivity contribution is 6.30. The Bertz CT molecular complexity index is 380. The predicted octanol–water partition coefficient (Wildman–Crippen LogP) is 2.32. The van der Waals surface area contributed by atoms with Crippen LogP contribution in [0.3, 0.4) is 0 Å². The van der Waals surface area contributed by atoms with Crippen LogP contribution in [0.2, 0.25) is 5.02 Å². The third-order valence-electron chi connectivity index (χ3n) is 2.99. The van der Waals surface area contributed by atoms with Crippen molar-refractivity contribution in [2.24, 2.45) is 0 Å². The lowest BCUT2D eigenvalue weighted by molar-refractivity contribution is 0.115. The Hall–Kier alpha value is -1.00. The largest absolute Gasteiger partial charge is 0.396 e. The molecule has 0 bridgehead atoms. The van der Waals surface area contributed by atoms with Gasteiger partial charge in [-0.25, -0.2) is 4.98 Å². The highest BCUT2D eigenvalue weighted by Crippen LogP contribution is 2.24. The van der Waals surface area contributed by atoms with Gasteiger partial charge >= 0.3 is 0 Å². The van der Waals surface area contributed by atoms with E-state index in [9.17, 15) is 0 Å². The molecule has 1 aliphatic rings. The van der Waals surface area contributed by atoms with Gasteiger partial charge in [-0.3, -0.25) is 0 Å². The molecule has 1 unspecified atom stereocenters. The molecule has 0 aromatic carbocycles. The van der Waals surface area contributed by atoms with Gasteiger partial charge in [0.05, 0.1) is 16.8 Å². The molecule has 1 saturated heterocycles. The van der Waals surface area contributed by atoms with Crippen LogP contribution in [0, 0.1) is 0 Å². The van der Waals surface area contributed by atoms with Gasteiger partial charge in [-0.1, -0.05) is 11.6 Å². The van der Waals surface area contributed by atoms with Crippen LogP contribution in [-0.2, 0) is 4.74 Å². The topological polar surface area (TPSA) is 51.4 Å². The van der Waals surface area contributed by atoms with Crippen LogP contribution < -0.4 is 10.6 Å². The van der Waals surface area contributed by atoms with E-state index in [-0.39, 0.29) is 0 Å². The molecule has 0 amide bonds. The van der Waals surface area contributed by atoms with Gasteiger partial charge in [0.2, 0.25) is 0 Å². The number of halogens is 1. The van der Waals surface area contributed by atoms with Gasteiger partial charge in [-0.15, -0.1) is 0 Å². The lowest BCUT2D eigenvalue weighted by atomic mass is 10.2. The summed E-state index contributed by atoms with van der Waals surface area (Å²) in [6.45, 7) is 4.66. The maximum absolute atomic E-state index is 5.94. The Morgan fingerprint density at radius 2 is 2.47 bits per heavy atom. The Balaban J connectivity index is 2.10. The molecule has 1 atom stereocenters. The Kier molecular flexibility index (Phi) is 4.07. The number of hydrogen-bond acceptors (Lipinski definition) is 4. The number of ether oxygens (including phenoxy) is 1. The SMILES string of the molecule is CCN(CC1CCCO1)c1ncc(Cl)cc1N. The molecule has 1 aliphatic heterocycles. The molecule has 2 heterocycles. The predicted molar refractivity (Wildman–Crippen MR) is 70.5 cm³/mol. The van der Waals surface area contributed by atoms with E-state index in [0.29, 0.717) is 16.8 Å². The molecule has 5 heteroatoms. The minimum Gasteiger partial charge on any atom is -0.396 e. The highest BCUT2D eigenvalue weighted by Gasteiger charge is 2.20. The third-order valence-corrected chi connectivity index (χ3v) is 3.20. The van der Waals surface area contributed by atoms with E-state index < -0.39 is 0 Å². The van der Waals surface area contributed by atoms with E-state index >= 15 is 0 Å². The first-order valence-electron chi connectivity index (χ1n) is 5.98. The Labute approximate surface area is 107 Å². The van der Waals surface area contributed by atoms with Crippen molar-refractivity contribution < 1.29 is 4.74 Å². The van der Waals surface area contributed by atoms with Gasteiger partial charge in [-0.05, 0) is 25.8 Å². The molecule has 4 nitrogen and oxygen atoms in total. The lowest BCUT2D eigenvalue weighted by Gasteiger charge is -2.26. The molecular formula is C12H18ClN3O. The number of rotatable bonds is 4. The molecule has 2 N–H and O–H groups in total. The summed E-state index contributed by atoms with van der Waals surface area (Å²) in [6, 6.07) is 1.74. The van der Waals surface area contributed by atoms with Crippen LogP contribution in [0.5, 0.6) is 0 Å². The van der Waals surface area contributed by atoms with Crippen molar-refractivity contribution in [2.45, 2.75) is 25.9 Å². The zero-order valence-corrected chi connectivity index (χ0v) is 10.8. The number of anilines is 2. The summed E-state index contributed by atoms with van der Waals surface area (Å²) in [6.07, 6.45) is 4.19. The smallest absolute Gasteiger partial charge is 0.151 e. The van der Waals surface area contributed by atoms with Crippen LogP contribution in [0.15, 0.2) is 12.3 Å². The summed E-state index contributed by atoms with van der Waals surface area (Å²) in [5, 5.41) is 0.569. The highest BCUT2D eigenvalue weighted by atomic mass is 35.5. The number of aromatic nitrogens is 1. The van der Waals surface area contributed by atoms with E-state index in [1.807, 2.05) is 0 Å². The van der Waals surface area contributed by atoms with Crippen molar-refractivity contribution in [3.8, 4) is 0 Å². The second kappa shape index (κ2) is 5.56. The molecular weight excluding hydrogens is 238 g/mol. The number of hydrogen-bond donors (Lipinski definition) is 1. The van der Waals surface area contributed by atoms with Crippen molar-refractivity contribution >= 4 is 23.1 Å². The zero-order valence-electron chi connectivity index (χ0n) is 10.0. The molecule has 0 saturated carbocycles. The molecule has 0 radical (unpaired) electrons. The monoisotopic (exact) mass is 255 g/mol. The van der Waals surface area contributed by atoms with Crippen molar-refractivity contribution in [2.75, 3.05) is 30.3 Å². The fourth-order valence-corrected chi connectivity index (χ4v) is 2.28. The van der Waals surface area contributed by atoms with E-state index in [2.05, 4.69) is 16.8 Å². The van der Waals surface area contributed by atoms with Gasteiger partial charge in [0.15, 0.2) is 5.82 Å². The first-order valence-corrected chi connectivity index (χ1v) is 6.36. The van der Waals surface area contributed by atoms with Crippen LogP contribution >= 0.6 is 11.6 Å². The normalized spacial score (nSPS) is 19.5. The van der Waals surface area contributed by atoms with E-state index in [0.717, 1.165) is 38.4 Å². The Morgan fingerprint density at radius 1 is 1.65 bits per heavy atom. The van der Waals surface area contributed by atoms with Gasteiger partial charge < -0.3 is 15.4 Å². The summed E-state index contributed by atoms with van der Waals surface area (Å²) >= 11 is 5.85. The summed E-state index contributed by atoms with van der Waals surface area (Å²) in [5.41, 5.74) is 6.57. The summed E-state index contributed by atoms with van der Waals surface area (Å²) < 4.78 is 5.63.